The predicted molar refractivity (Wildman–Crippen MR) is 98.5 cm³/mol. The van der Waals surface area contributed by atoms with Gasteiger partial charge in [-0.3, -0.25) is 9.80 Å². The van der Waals surface area contributed by atoms with Crippen LogP contribution in [0.2, 0.25) is 0 Å². The molecule has 134 valence electrons. The van der Waals surface area contributed by atoms with Gasteiger partial charge < -0.3 is 9.30 Å². The standard InChI is InChI=1S/C20H28N4O/c1-22(15-19-21-9-12-23(19)2)14-17-5-3-6-18(13-17)25-20-7-4-10-24(16-20)11-8-20/h3,5-6,9,12-13H,4,7-8,10-11,14-16H2,1-2H3. The van der Waals surface area contributed by atoms with Crippen LogP contribution in [0.25, 0.3) is 0 Å². The van der Waals surface area contributed by atoms with Gasteiger partial charge in [0.05, 0.1) is 6.54 Å². The van der Waals surface area contributed by atoms with Gasteiger partial charge in [-0.1, -0.05) is 12.1 Å². The van der Waals surface area contributed by atoms with Gasteiger partial charge in [-0.05, 0) is 44.1 Å². The van der Waals surface area contributed by atoms with Crippen molar-refractivity contribution in [3.8, 4) is 5.75 Å². The number of ether oxygens (including phenoxy) is 1. The summed E-state index contributed by atoms with van der Waals surface area (Å²) in [6.45, 7) is 5.25. The van der Waals surface area contributed by atoms with E-state index in [1.54, 1.807) is 0 Å². The quantitative estimate of drug-likeness (QED) is 0.810. The van der Waals surface area contributed by atoms with Gasteiger partial charge in [0, 0.05) is 45.5 Å². The van der Waals surface area contributed by atoms with E-state index < -0.39 is 0 Å². The molecule has 0 radical (unpaired) electrons. The first kappa shape index (κ1) is 16.6. The molecule has 0 saturated carbocycles. The Balaban J connectivity index is 1.40. The minimum atomic E-state index is 0.0513. The highest BCUT2D eigenvalue weighted by Crippen LogP contribution is 2.35. The number of aryl methyl sites for hydroxylation is 1. The normalized spacial score (nSPS) is 25.5. The Hall–Kier alpha value is -1.85. The Kier molecular flexibility index (Phi) is 4.52. The molecule has 2 bridgehead atoms. The van der Waals surface area contributed by atoms with E-state index in [-0.39, 0.29) is 5.60 Å². The van der Waals surface area contributed by atoms with E-state index >= 15 is 0 Å². The molecule has 2 fully saturated rings. The topological polar surface area (TPSA) is 33.5 Å². The molecule has 5 nitrogen and oxygen atoms in total. The second-order valence-electron chi connectivity index (χ2n) is 7.69. The molecule has 2 saturated heterocycles. The van der Waals surface area contributed by atoms with E-state index in [9.17, 15) is 0 Å². The van der Waals surface area contributed by atoms with E-state index in [0.717, 1.165) is 37.6 Å². The molecular formula is C20H28N4O. The molecule has 2 aliphatic heterocycles. The zero-order chi connectivity index (χ0) is 17.3. The lowest BCUT2D eigenvalue weighted by atomic mass is 9.94. The maximum Gasteiger partial charge on any atom is 0.123 e. The minimum Gasteiger partial charge on any atom is -0.486 e. The first-order valence-corrected chi connectivity index (χ1v) is 9.27. The van der Waals surface area contributed by atoms with Crippen molar-refractivity contribution in [1.29, 1.82) is 0 Å². The molecule has 1 aromatic carbocycles. The fourth-order valence-electron chi connectivity index (χ4n) is 4.20. The number of rotatable bonds is 6. The van der Waals surface area contributed by atoms with Crippen LogP contribution in [0, 0.1) is 0 Å². The smallest absolute Gasteiger partial charge is 0.123 e. The van der Waals surface area contributed by atoms with E-state index in [1.807, 2.05) is 19.4 Å². The molecule has 5 heteroatoms. The fourth-order valence-corrected chi connectivity index (χ4v) is 4.20. The second kappa shape index (κ2) is 6.81. The highest BCUT2D eigenvalue weighted by Gasteiger charge is 2.42. The summed E-state index contributed by atoms with van der Waals surface area (Å²) in [4.78, 5) is 9.23. The van der Waals surface area contributed by atoms with Crippen molar-refractivity contribution >= 4 is 0 Å². The van der Waals surface area contributed by atoms with Gasteiger partial charge in [0.2, 0.25) is 0 Å². The maximum absolute atomic E-state index is 6.50. The Morgan fingerprint density at radius 3 is 3.00 bits per heavy atom. The Morgan fingerprint density at radius 2 is 2.16 bits per heavy atom. The summed E-state index contributed by atoms with van der Waals surface area (Å²) >= 11 is 0. The number of hydrogen-bond acceptors (Lipinski definition) is 4. The molecule has 2 aromatic rings. The summed E-state index contributed by atoms with van der Waals surface area (Å²) in [5.41, 5.74) is 1.34. The first-order valence-electron chi connectivity index (χ1n) is 9.27. The number of benzene rings is 1. The predicted octanol–water partition coefficient (Wildman–Crippen LogP) is 2.67. The van der Waals surface area contributed by atoms with Crippen LogP contribution in [-0.2, 0) is 20.1 Å². The Morgan fingerprint density at radius 1 is 1.24 bits per heavy atom. The molecule has 25 heavy (non-hydrogen) atoms. The molecule has 2 aliphatic rings. The summed E-state index contributed by atoms with van der Waals surface area (Å²) < 4.78 is 8.58. The molecule has 3 heterocycles. The highest BCUT2D eigenvalue weighted by atomic mass is 16.5. The van der Waals surface area contributed by atoms with Crippen molar-refractivity contribution in [2.24, 2.45) is 7.05 Å². The van der Waals surface area contributed by atoms with Crippen molar-refractivity contribution in [1.82, 2.24) is 19.4 Å². The van der Waals surface area contributed by atoms with Crippen molar-refractivity contribution in [3.63, 3.8) is 0 Å². The molecule has 0 aliphatic carbocycles. The SMILES string of the molecule is CN(Cc1cccc(OC23CCCN(CC2)C3)c1)Cc1nccn1C. The van der Waals surface area contributed by atoms with Crippen LogP contribution in [-0.4, -0.2) is 51.6 Å². The summed E-state index contributed by atoms with van der Waals surface area (Å²) in [5, 5.41) is 0. The van der Waals surface area contributed by atoms with Crippen molar-refractivity contribution < 1.29 is 4.74 Å². The lowest BCUT2D eigenvalue weighted by Gasteiger charge is -2.34. The minimum absolute atomic E-state index is 0.0513. The molecule has 1 aromatic heterocycles. The molecule has 0 spiro atoms. The van der Waals surface area contributed by atoms with Crippen LogP contribution < -0.4 is 4.74 Å². The lowest BCUT2D eigenvalue weighted by molar-refractivity contribution is 0.0452. The average Bonchev–Trinajstić information content (AvgIpc) is 3.11. The van der Waals surface area contributed by atoms with Crippen LogP contribution in [0.15, 0.2) is 36.7 Å². The lowest BCUT2D eigenvalue weighted by Crippen LogP contribution is -2.43. The van der Waals surface area contributed by atoms with Crippen LogP contribution >= 0.6 is 0 Å². The fraction of sp³-hybridized carbons (Fsp3) is 0.550. The van der Waals surface area contributed by atoms with E-state index in [4.69, 9.17) is 4.74 Å². The van der Waals surface area contributed by atoms with Crippen LogP contribution in [0.3, 0.4) is 0 Å². The highest BCUT2D eigenvalue weighted by molar-refractivity contribution is 5.29. The van der Waals surface area contributed by atoms with Gasteiger partial charge in [0.1, 0.15) is 17.2 Å². The number of fused-ring (bicyclic) bond motifs is 2. The number of imidazole rings is 1. The van der Waals surface area contributed by atoms with Gasteiger partial charge in [0.15, 0.2) is 0 Å². The zero-order valence-corrected chi connectivity index (χ0v) is 15.3. The molecule has 2 unspecified atom stereocenters. The molecule has 2 atom stereocenters. The molecule has 0 amide bonds. The first-order chi connectivity index (χ1) is 12.1. The van der Waals surface area contributed by atoms with Gasteiger partial charge in [-0.2, -0.15) is 0 Å². The number of hydrogen-bond donors (Lipinski definition) is 0. The van der Waals surface area contributed by atoms with Crippen LogP contribution in [0.4, 0.5) is 0 Å². The zero-order valence-electron chi connectivity index (χ0n) is 15.3. The summed E-state index contributed by atoms with van der Waals surface area (Å²) in [6.07, 6.45) is 7.45. The van der Waals surface area contributed by atoms with Gasteiger partial charge >= 0.3 is 0 Å². The summed E-state index contributed by atoms with van der Waals surface area (Å²) in [5.74, 6) is 2.11. The van der Waals surface area contributed by atoms with E-state index in [0.29, 0.717) is 0 Å². The van der Waals surface area contributed by atoms with Crippen molar-refractivity contribution in [2.45, 2.75) is 38.0 Å². The number of nitrogens with zero attached hydrogens (tertiary/aromatic N) is 4. The van der Waals surface area contributed by atoms with E-state index in [1.165, 1.54) is 31.5 Å². The van der Waals surface area contributed by atoms with Crippen LogP contribution in [0.5, 0.6) is 5.75 Å². The van der Waals surface area contributed by atoms with Gasteiger partial charge in [-0.15, -0.1) is 0 Å². The second-order valence-corrected chi connectivity index (χ2v) is 7.69. The van der Waals surface area contributed by atoms with Crippen molar-refractivity contribution in [2.75, 3.05) is 26.7 Å². The largest absolute Gasteiger partial charge is 0.486 e. The summed E-state index contributed by atoms with van der Waals surface area (Å²) in [7, 11) is 4.18. The maximum atomic E-state index is 6.50. The third-order valence-electron chi connectivity index (χ3n) is 5.52. The summed E-state index contributed by atoms with van der Waals surface area (Å²) in [6, 6.07) is 8.61. The Labute approximate surface area is 150 Å². The number of aromatic nitrogens is 2. The number of piperidine rings is 1. The third-order valence-corrected chi connectivity index (χ3v) is 5.52. The average molecular weight is 340 g/mol. The van der Waals surface area contributed by atoms with Gasteiger partial charge in [0.25, 0.3) is 0 Å². The molecule has 4 rings (SSSR count). The molecular weight excluding hydrogens is 312 g/mol. The molecule has 0 N–H and O–H groups in total. The monoisotopic (exact) mass is 340 g/mol. The van der Waals surface area contributed by atoms with Gasteiger partial charge in [-0.25, -0.2) is 4.98 Å². The van der Waals surface area contributed by atoms with E-state index in [2.05, 4.69) is 50.7 Å². The van der Waals surface area contributed by atoms with Crippen LogP contribution in [0.1, 0.15) is 30.7 Å². The Bertz CT molecular complexity index is 724. The third kappa shape index (κ3) is 3.72. The van der Waals surface area contributed by atoms with Crippen molar-refractivity contribution in [3.05, 3.63) is 48.0 Å².